The van der Waals surface area contributed by atoms with Crippen LogP contribution in [0.2, 0.25) is 0 Å². The summed E-state index contributed by atoms with van der Waals surface area (Å²) in [5.74, 6) is -0.647. The van der Waals surface area contributed by atoms with E-state index in [0.29, 0.717) is 30.6 Å². The van der Waals surface area contributed by atoms with Crippen molar-refractivity contribution in [1.82, 2.24) is 5.32 Å². The van der Waals surface area contributed by atoms with Gasteiger partial charge in [-0.25, -0.2) is 0 Å². The molecule has 2 atom stereocenters. The summed E-state index contributed by atoms with van der Waals surface area (Å²) in [6.07, 6.45) is 0.612. The molecule has 0 saturated carbocycles. The second-order valence-corrected chi connectivity index (χ2v) is 5.01. The third-order valence-corrected chi connectivity index (χ3v) is 3.42. The van der Waals surface area contributed by atoms with Crippen LogP contribution in [0.4, 0.5) is 5.69 Å². The van der Waals surface area contributed by atoms with E-state index in [1.807, 2.05) is 6.92 Å². The first-order valence-corrected chi connectivity index (χ1v) is 6.56. The lowest BCUT2D eigenvalue weighted by Crippen LogP contribution is -2.34. The number of carbonyl (C=O) groups excluding carboxylic acids is 2. The van der Waals surface area contributed by atoms with E-state index in [4.69, 9.17) is 16.2 Å². The fourth-order valence-electron chi connectivity index (χ4n) is 2.25. The molecule has 0 aliphatic carbocycles. The molecule has 2 unspecified atom stereocenters. The fourth-order valence-corrected chi connectivity index (χ4v) is 2.25. The summed E-state index contributed by atoms with van der Waals surface area (Å²) in [4.78, 5) is 23.1. The number of anilines is 1. The molecule has 20 heavy (non-hydrogen) atoms. The molecule has 1 aliphatic heterocycles. The second-order valence-electron chi connectivity index (χ2n) is 5.01. The molecule has 5 N–H and O–H groups in total. The molecule has 0 aromatic heterocycles. The van der Waals surface area contributed by atoms with Gasteiger partial charge in [0, 0.05) is 17.8 Å². The topological polar surface area (TPSA) is 107 Å². The third-order valence-electron chi connectivity index (χ3n) is 3.42. The quantitative estimate of drug-likeness (QED) is 0.690. The summed E-state index contributed by atoms with van der Waals surface area (Å²) >= 11 is 0. The molecule has 1 aliphatic rings. The number of amides is 2. The number of carbonyl (C=O) groups is 2. The number of aryl methyl sites for hydroxylation is 1. The Morgan fingerprint density at radius 1 is 1.40 bits per heavy atom. The number of hydrogen-bond acceptors (Lipinski definition) is 4. The Morgan fingerprint density at radius 2 is 2.15 bits per heavy atom. The first kappa shape index (κ1) is 14.3. The molecular formula is C14H19N3O3. The van der Waals surface area contributed by atoms with E-state index in [2.05, 4.69) is 5.32 Å². The number of benzene rings is 1. The fraction of sp³-hybridized carbons (Fsp3) is 0.429. The van der Waals surface area contributed by atoms with Crippen LogP contribution in [0.5, 0.6) is 0 Å². The van der Waals surface area contributed by atoms with Crippen molar-refractivity contribution in [3.05, 3.63) is 29.3 Å². The monoisotopic (exact) mass is 277 g/mol. The van der Waals surface area contributed by atoms with Gasteiger partial charge in [0.1, 0.15) is 6.10 Å². The van der Waals surface area contributed by atoms with Crippen molar-refractivity contribution in [2.45, 2.75) is 32.0 Å². The van der Waals surface area contributed by atoms with Crippen molar-refractivity contribution in [3.8, 4) is 0 Å². The van der Waals surface area contributed by atoms with Gasteiger partial charge in [-0.15, -0.1) is 0 Å². The molecule has 1 aromatic carbocycles. The average Bonchev–Trinajstić information content (AvgIpc) is 2.88. The van der Waals surface area contributed by atoms with Gasteiger partial charge in [-0.05, 0) is 37.5 Å². The molecular weight excluding hydrogens is 258 g/mol. The summed E-state index contributed by atoms with van der Waals surface area (Å²) in [5, 5.41) is 2.80. The highest BCUT2D eigenvalue weighted by Crippen LogP contribution is 2.19. The van der Waals surface area contributed by atoms with E-state index in [0.717, 1.165) is 5.56 Å². The highest BCUT2D eigenvalue weighted by molar-refractivity contribution is 5.96. The normalized spacial score (nSPS) is 21.6. The molecule has 108 valence electrons. The molecule has 1 saturated heterocycles. The maximum Gasteiger partial charge on any atom is 0.251 e. The second kappa shape index (κ2) is 5.92. The predicted molar refractivity (Wildman–Crippen MR) is 75.0 cm³/mol. The number of hydrogen-bond donors (Lipinski definition) is 3. The van der Waals surface area contributed by atoms with Gasteiger partial charge in [-0.1, -0.05) is 6.07 Å². The Bertz CT molecular complexity index is 530. The minimum Gasteiger partial charge on any atom is -0.399 e. The zero-order chi connectivity index (χ0) is 14.7. The van der Waals surface area contributed by atoms with Gasteiger partial charge in [0.25, 0.3) is 5.91 Å². The highest BCUT2D eigenvalue weighted by atomic mass is 16.5. The Hall–Kier alpha value is -2.08. The van der Waals surface area contributed by atoms with Gasteiger partial charge < -0.3 is 21.5 Å². The van der Waals surface area contributed by atoms with Gasteiger partial charge in [0.15, 0.2) is 0 Å². The van der Waals surface area contributed by atoms with E-state index in [-0.39, 0.29) is 12.0 Å². The van der Waals surface area contributed by atoms with Crippen LogP contribution in [-0.2, 0) is 9.53 Å². The van der Waals surface area contributed by atoms with E-state index in [1.165, 1.54) is 0 Å². The maximum absolute atomic E-state index is 12.1. The zero-order valence-corrected chi connectivity index (χ0v) is 11.4. The SMILES string of the molecule is Cc1ccc(N)cc1C(=O)NCC1CCC(C(N)=O)O1. The molecule has 0 bridgehead atoms. The van der Waals surface area contributed by atoms with Crippen LogP contribution >= 0.6 is 0 Å². The molecule has 1 heterocycles. The van der Waals surface area contributed by atoms with Crippen molar-refractivity contribution in [3.63, 3.8) is 0 Å². The zero-order valence-electron chi connectivity index (χ0n) is 11.4. The number of rotatable bonds is 4. The van der Waals surface area contributed by atoms with Gasteiger partial charge in [-0.2, -0.15) is 0 Å². The van der Waals surface area contributed by atoms with E-state index in [1.54, 1.807) is 18.2 Å². The molecule has 1 aromatic rings. The Kier molecular flexibility index (Phi) is 4.24. The van der Waals surface area contributed by atoms with Crippen LogP contribution < -0.4 is 16.8 Å². The largest absolute Gasteiger partial charge is 0.399 e. The first-order chi connectivity index (χ1) is 9.47. The Morgan fingerprint density at radius 3 is 2.80 bits per heavy atom. The van der Waals surface area contributed by atoms with E-state index < -0.39 is 12.0 Å². The maximum atomic E-state index is 12.1. The standard InChI is InChI=1S/C14H19N3O3/c1-8-2-3-9(15)6-11(8)14(19)17-7-10-4-5-12(20-10)13(16)18/h2-3,6,10,12H,4-5,7,15H2,1H3,(H2,16,18)(H,17,19). The van der Waals surface area contributed by atoms with E-state index >= 15 is 0 Å². The van der Waals surface area contributed by atoms with Crippen molar-refractivity contribution in [2.24, 2.45) is 5.73 Å². The van der Waals surface area contributed by atoms with Crippen LogP contribution in [-0.4, -0.2) is 30.6 Å². The molecule has 1 fully saturated rings. The summed E-state index contributed by atoms with van der Waals surface area (Å²) in [6, 6.07) is 5.20. The summed E-state index contributed by atoms with van der Waals surface area (Å²) in [7, 11) is 0. The van der Waals surface area contributed by atoms with E-state index in [9.17, 15) is 9.59 Å². The smallest absolute Gasteiger partial charge is 0.251 e. The summed E-state index contributed by atoms with van der Waals surface area (Å²) in [6.45, 7) is 2.21. The Balaban J connectivity index is 1.90. The predicted octanol–water partition coefficient (Wildman–Crippen LogP) is 0.340. The van der Waals surface area contributed by atoms with Crippen molar-refractivity contribution in [1.29, 1.82) is 0 Å². The summed E-state index contributed by atoms with van der Waals surface area (Å²) in [5.41, 5.74) is 12.8. The minimum absolute atomic E-state index is 0.169. The molecule has 0 radical (unpaired) electrons. The highest BCUT2D eigenvalue weighted by Gasteiger charge is 2.29. The lowest BCUT2D eigenvalue weighted by molar-refractivity contribution is -0.128. The lowest BCUT2D eigenvalue weighted by atomic mass is 10.1. The molecule has 2 amide bonds. The van der Waals surface area contributed by atoms with Crippen LogP contribution in [0.15, 0.2) is 18.2 Å². The van der Waals surface area contributed by atoms with Crippen molar-refractivity contribution in [2.75, 3.05) is 12.3 Å². The number of primary amides is 1. The third kappa shape index (κ3) is 3.27. The average molecular weight is 277 g/mol. The number of nitrogens with one attached hydrogen (secondary N) is 1. The number of ether oxygens (including phenoxy) is 1. The molecule has 6 nitrogen and oxygen atoms in total. The minimum atomic E-state index is -0.536. The van der Waals surface area contributed by atoms with Crippen LogP contribution in [0, 0.1) is 6.92 Å². The molecule has 6 heteroatoms. The van der Waals surface area contributed by atoms with Crippen LogP contribution in [0.3, 0.4) is 0 Å². The number of nitrogens with two attached hydrogens (primary N) is 2. The van der Waals surface area contributed by atoms with Crippen molar-refractivity contribution >= 4 is 17.5 Å². The van der Waals surface area contributed by atoms with Gasteiger partial charge >= 0.3 is 0 Å². The van der Waals surface area contributed by atoms with Gasteiger partial charge in [-0.3, -0.25) is 9.59 Å². The number of nitrogen functional groups attached to an aromatic ring is 1. The van der Waals surface area contributed by atoms with Crippen LogP contribution in [0.1, 0.15) is 28.8 Å². The van der Waals surface area contributed by atoms with Gasteiger partial charge in [0.2, 0.25) is 5.91 Å². The first-order valence-electron chi connectivity index (χ1n) is 6.56. The molecule has 0 spiro atoms. The van der Waals surface area contributed by atoms with Crippen molar-refractivity contribution < 1.29 is 14.3 Å². The lowest BCUT2D eigenvalue weighted by Gasteiger charge is -2.13. The Labute approximate surface area is 117 Å². The van der Waals surface area contributed by atoms with Crippen LogP contribution in [0.25, 0.3) is 0 Å². The van der Waals surface area contributed by atoms with Gasteiger partial charge in [0.05, 0.1) is 6.10 Å². The summed E-state index contributed by atoms with van der Waals surface area (Å²) < 4.78 is 5.45. The molecule has 2 rings (SSSR count).